The van der Waals surface area contributed by atoms with E-state index in [1.165, 1.54) is 44.2 Å². The van der Waals surface area contributed by atoms with Crippen molar-refractivity contribution in [3.63, 3.8) is 0 Å². The van der Waals surface area contributed by atoms with Crippen LogP contribution in [0.2, 0.25) is 0 Å². The molecule has 0 amide bonds. The summed E-state index contributed by atoms with van der Waals surface area (Å²) < 4.78 is 49.0. The zero-order valence-electron chi connectivity index (χ0n) is 20.4. The predicted molar refractivity (Wildman–Crippen MR) is 133 cm³/mol. The highest BCUT2D eigenvalue weighted by Crippen LogP contribution is 2.36. The van der Waals surface area contributed by atoms with E-state index in [9.17, 15) is 13.2 Å². The summed E-state index contributed by atoms with van der Waals surface area (Å²) in [6.07, 6.45) is 9.00. The number of hydrogen-bond acceptors (Lipinski definition) is 1. The second-order valence-electron chi connectivity index (χ2n) is 9.07. The van der Waals surface area contributed by atoms with Crippen molar-refractivity contribution in [3.05, 3.63) is 54.1 Å². The van der Waals surface area contributed by atoms with Crippen LogP contribution >= 0.6 is 0 Å². The Kier molecular flexibility index (Phi) is 12.4. The second-order valence-corrected chi connectivity index (χ2v) is 9.07. The fraction of sp³-hybridized carbons (Fsp3) is 0.586. The van der Waals surface area contributed by atoms with Crippen molar-refractivity contribution in [1.82, 2.24) is 0 Å². The molecule has 0 N–H and O–H groups in total. The van der Waals surface area contributed by atoms with E-state index in [0.717, 1.165) is 42.6 Å². The van der Waals surface area contributed by atoms with E-state index in [-0.39, 0.29) is 12.0 Å². The Bertz CT molecular complexity index is 755. The van der Waals surface area contributed by atoms with Crippen LogP contribution in [0.4, 0.5) is 13.2 Å². The molecule has 33 heavy (non-hydrogen) atoms. The van der Waals surface area contributed by atoms with Crippen LogP contribution in [0.15, 0.2) is 48.5 Å². The van der Waals surface area contributed by atoms with Crippen LogP contribution in [-0.4, -0.2) is 12.8 Å². The molecule has 2 rings (SSSR count). The van der Waals surface area contributed by atoms with Gasteiger partial charge in [0.15, 0.2) is 0 Å². The molecule has 0 aromatic heterocycles. The van der Waals surface area contributed by atoms with Crippen LogP contribution in [0.3, 0.4) is 0 Å². The quantitative estimate of drug-likeness (QED) is 0.213. The monoisotopic (exact) mass is 462 g/mol. The van der Waals surface area contributed by atoms with Gasteiger partial charge >= 0.3 is 0 Å². The number of alkyl halides is 3. The minimum absolute atomic E-state index is 0.124. The largest absolute Gasteiger partial charge is 0.494 e. The van der Waals surface area contributed by atoms with Crippen molar-refractivity contribution >= 4 is 0 Å². The first kappa shape index (κ1) is 27.3. The predicted octanol–water partition coefficient (Wildman–Crippen LogP) is 9.88. The Morgan fingerprint density at radius 3 is 1.82 bits per heavy atom. The molecule has 0 bridgehead atoms. The van der Waals surface area contributed by atoms with Gasteiger partial charge < -0.3 is 4.74 Å². The van der Waals surface area contributed by atoms with Crippen LogP contribution in [0, 0.1) is 0 Å². The fourth-order valence-corrected chi connectivity index (χ4v) is 4.01. The minimum Gasteiger partial charge on any atom is -0.494 e. The number of rotatable bonds is 17. The first-order chi connectivity index (χ1) is 16.0. The Labute approximate surface area is 198 Å². The smallest absolute Gasteiger partial charge is 0.276 e. The molecule has 2 aromatic carbocycles. The summed E-state index contributed by atoms with van der Waals surface area (Å²) in [5.41, 5.74) is 1.67. The van der Waals surface area contributed by atoms with Crippen LogP contribution in [0.1, 0.15) is 96.5 Å². The van der Waals surface area contributed by atoms with Crippen molar-refractivity contribution in [2.45, 2.75) is 103 Å². The van der Waals surface area contributed by atoms with Gasteiger partial charge in [-0.15, -0.1) is 0 Å². The summed E-state index contributed by atoms with van der Waals surface area (Å²) in [6, 6.07) is 13.9. The van der Waals surface area contributed by atoms with E-state index in [1.807, 2.05) is 24.3 Å². The van der Waals surface area contributed by atoms with Gasteiger partial charge in [-0.2, -0.15) is 0 Å². The van der Waals surface area contributed by atoms with Crippen molar-refractivity contribution in [2.75, 3.05) is 6.61 Å². The lowest BCUT2D eigenvalue weighted by Gasteiger charge is -2.19. The number of halogens is 3. The molecule has 184 valence electrons. The number of ether oxygens (including phenoxy) is 1. The molecule has 0 aliphatic rings. The molecule has 0 aliphatic heterocycles. The molecule has 0 heterocycles. The lowest BCUT2D eigenvalue weighted by molar-refractivity contribution is -0.0354. The Morgan fingerprint density at radius 1 is 0.697 bits per heavy atom. The summed E-state index contributed by atoms with van der Waals surface area (Å²) in [5, 5.41) is 0. The molecule has 0 saturated heterocycles. The lowest BCUT2D eigenvalue weighted by Crippen LogP contribution is -2.19. The maximum atomic E-state index is 14.5. The van der Waals surface area contributed by atoms with Crippen molar-refractivity contribution in [2.24, 2.45) is 0 Å². The Balaban J connectivity index is 1.82. The molecule has 4 heteroatoms. The second kappa shape index (κ2) is 15.0. The average molecular weight is 463 g/mol. The fourth-order valence-electron chi connectivity index (χ4n) is 4.01. The van der Waals surface area contributed by atoms with Crippen molar-refractivity contribution in [1.29, 1.82) is 0 Å². The van der Waals surface area contributed by atoms with E-state index in [0.29, 0.717) is 13.0 Å². The van der Waals surface area contributed by atoms with Gasteiger partial charge in [-0.05, 0) is 36.1 Å². The highest BCUT2D eigenvalue weighted by molar-refractivity contribution is 5.64. The van der Waals surface area contributed by atoms with Gasteiger partial charge in [0.25, 0.3) is 5.92 Å². The Hall–Kier alpha value is -1.97. The van der Waals surface area contributed by atoms with Gasteiger partial charge in [0.2, 0.25) is 0 Å². The normalized spacial score (nSPS) is 12.6. The van der Waals surface area contributed by atoms with Crippen molar-refractivity contribution in [3.8, 4) is 16.9 Å². The van der Waals surface area contributed by atoms with E-state index in [4.69, 9.17) is 4.74 Å². The summed E-state index contributed by atoms with van der Waals surface area (Å²) in [5.74, 6) is -2.33. The van der Waals surface area contributed by atoms with Gasteiger partial charge in [-0.3, -0.25) is 0 Å². The molecule has 0 fully saturated rings. The van der Waals surface area contributed by atoms with E-state index >= 15 is 0 Å². The third kappa shape index (κ3) is 10.2. The SMILES string of the molecule is CCCCCCCCOc1ccc(-c2ccc(C(F)(F)C[C@@H](F)CCCCCC)cc2)cc1. The average Bonchev–Trinajstić information content (AvgIpc) is 2.81. The van der Waals surface area contributed by atoms with Crippen LogP contribution in [-0.2, 0) is 5.92 Å². The first-order valence-electron chi connectivity index (χ1n) is 12.8. The summed E-state index contributed by atoms with van der Waals surface area (Å²) in [4.78, 5) is 0. The van der Waals surface area contributed by atoms with Gasteiger partial charge in [-0.25, -0.2) is 13.2 Å². The molecular formula is C29H41F3O. The molecule has 0 aliphatic carbocycles. The summed E-state index contributed by atoms with van der Waals surface area (Å²) in [7, 11) is 0. The first-order valence-corrected chi connectivity index (χ1v) is 12.8. The van der Waals surface area contributed by atoms with Crippen LogP contribution < -0.4 is 4.74 Å². The Morgan fingerprint density at radius 2 is 1.21 bits per heavy atom. The molecule has 0 radical (unpaired) electrons. The highest BCUT2D eigenvalue weighted by Gasteiger charge is 2.34. The lowest BCUT2D eigenvalue weighted by atomic mass is 9.97. The molecule has 0 unspecified atom stereocenters. The molecule has 0 spiro atoms. The van der Waals surface area contributed by atoms with Crippen LogP contribution in [0.5, 0.6) is 5.75 Å². The third-order valence-corrected chi connectivity index (χ3v) is 6.11. The molecule has 0 saturated carbocycles. The van der Waals surface area contributed by atoms with Gasteiger partial charge in [0.1, 0.15) is 11.9 Å². The molecule has 1 nitrogen and oxygen atoms in total. The standard InChI is InChI=1S/C29H41F3O/c1-3-5-7-9-10-12-22-33-28-20-16-25(17-21-28)24-14-18-26(19-15-24)29(31,32)23-27(30)13-11-8-6-4-2/h14-21,27H,3-13,22-23H2,1-2H3/t27-/m0/s1. The van der Waals surface area contributed by atoms with Gasteiger partial charge in [0.05, 0.1) is 6.61 Å². The molecule has 1 atom stereocenters. The summed E-state index contributed by atoms with van der Waals surface area (Å²) in [6.45, 7) is 5.00. The zero-order valence-corrected chi connectivity index (χ0v) is 20.4. The minimum atomic E-state index is -3.16. The maximum absolute atomic E-state index is 14.5. The summed E-state index contributed by atoms with van der Waals surface area (Å²) >= 11 is 0. The maximum Gasteiger partial charge on any atom is 0.276 e. The number of benzene rings is 2. The third-order valence-electron chi connectivity index (χ3n) is 6.11. The van der Waals surface area contributed by atoms with E-state index in [2.05, 4.69) is 13.8 Å². The van der Waals surface area contributed by atoms with E-state index < -0.39 is 18.5 Å². The van der Waals surface area contributed by atoms with Crippen LogP contribution in [0.25, 0.3) is 11.1 Å². The zero-order chi connectivity index (χ0) is 23.9. The molecular weight excluding hydrogens is 421 g/mol. The van der Waals surface area contributed by atoms with Crippen molar-refractivity contribution < 1.29 is 17.9 Å². The highest BCUT2D eigenvalue weighted by atomic mass is 19.3. The van der Waals surface area contributed by atoms with E-state index in [1.54, 1.807) is 12.1 Å². The number of hydrogen-bond donors (Lipinski definition) is 0. The van der Waals surface area contributed by atoms with Gasteiger partial charge in [0, 0.05) is 12.0 Å². The molecule has 2 aromatic rings. The number of unbranched alkanes of at least 4 members (excludes halogenated alkanes) is 8. The van der Waals surface area contributed by atoms with Gasteiger partial charge in [-0.1, -0.05) is 108 Å². The topological polar surface area (TPSA) is 9.23 Å².